The van der Waals surface area contributed by atoms with Crippen LogP contribution in [0.15, 0.2) is 52.3 Å². The van der Waals surface area contributed by atoms with Gasteiger partial charge in [0.25, 0.3) is 0 Å². The van der Waals surface area contributed by atoms with Crippen molar-refractivity contribution in [3.63, 3.8) is 0 Å². The summed E-state index contributed by atoms with van der Waals surface area (Å²) >= 11 is 0. The molecule has 210 valence electrons. The Labute approximate surface area is 226 Å². The van der Waals surface area contributed by atoms with Crippen LogP contribution in [0.5, 0.6) is 11.5 Å². The van der Waals surface area contributed by atoms with Gasteiger partial charge in [-0.1, -0.05) is 25.8 Å². The Kier molecular flexibility index (Phi) is 9.36. The van der Waals surface area contributed by atoms with Crippen LogP contribution in [0, 0.1) is 5.92 Å². The molecule has 1 saturated carbocycles. The molecule has 2 aromatic carbocycles. The van der Waals surface area contributed by atoms with Crippen molar-refractivity contribution in [3.8, 4) is 11.5 Å². The number of sulfonamides is 2. The number of hydrogen-bond acceptors (Lipinski definition) is 7. The molecule has 1 heterocycles. The van der Waals surface area contributed by atoms with Crippen LogP contribution in [0.4, 0.5) is 0 Å². The van der Waals surface area contributed by atoms with E-state index >= 15 is 0 Å². The third-order valence-corrected chi connectivity index (χ3v) is 10.8. The minimum absolute atomic E-state index is 0.0203. The van der Waals surface area contributed by atoms with Crippen LogP contribution >= 0.6 is 0 Å². The number of hydrogen-bond donors (Lipinski definition) is 1. The summed E-state index contributed by atoms with van der Waals surface area (Å²) in [6, 6.07) is 10.7. The van der Waals surface area contributed by atoms with Gasteiger partial charge in [-0.2, -0.15) is 4.31 Å². The Morgan fingerprint density at radius 2 is 1.58 bits per heavy atom. The summed E-state index contributed by atoms with van der Waals surface area (Å²) in [6.45, 7) is 3.09. The van der Waals surface area contributed by atoms with Crippen LogP contribution in [-0.4, -0.2) is 60.7 Å². The molecule has 2 fully saturated rings. The molecule has 4 rings (SSSR count). The molecule has 0 amide bonds. The molecule has 0 bridgehead atoms. The van der Waals surface area contributed by atoms with Gasteiger partial charge in [-0.05, 0) is 73.6 Å². The first-order valence-corrected chi connectivity index (χ1v) is 16.0. The lowest BCUT2D eigenvalue weighted by molar-refractivity contribution is 0.114. The van der Waals surface area contributed by atoms with Crippen LogP contribution in [0.2, 0.25) is 0 Å². The predicted octanol–water partition coefficient (Wildman–Crippen LogP) is 3.93. The molecule has 1 aliphatic heterocycles. The first kappa shape index (κ1) is 28.8. The lowest BCUT2D eigenvalue weighted by Crippen LogP contribution is -2.44. The van der Waals surface area contributed by atoms with Crippen molar-refractivity contribution >= 4 is 20.0 Å². The molecule has 2 aliphatic rings. The zero-order chi connectivity index (χ0) is 27.3. The van der Waals surface area contributed by atoms with Crippen molar-refractivity contribution in [1.82, 2.24) is 9.03 Å². The van der Waals surface area contributed by atoms with Crippen molar-refractivity contribution in [2.45, 2.75) is 73.9 Å². The summed E-state index contributed by atoms with van der Waals surface area (Å²) in [5.74, 6) is 1.30. The van der Waals surface area contributed by atoms with Crippen molar-refractivity contribution < 1.29 is 31.0 Å². The minimum atomic E-state index is -3.93. The van der Waals surface area contributed by atoms with Gasteiger partial charge in [0.05, 0.1) is 30.1 Å². The summed E-state index contributed by atoms with van der Waals surface area (Å²) in [4.78, 5) is 0.0840. The topological polar surface area (TPSA) is 111 Å². The first-order valence-electron chi connectivity index (χ1n) is 13.1. The molecule has 0 aromatic heterocycles. The fraction of sp³-hybridized carbons (Fsp3) is 0.556. The highest BCUT2D eigenvalue weighted by molar-refractivity contribution is 7.89. The molecule has 2 aromatic rings. The van der Waals surface area contributed by atoms with Crippen molar-refractivity contribution in [3.05, 3.63) is 48.0 Å². The molecule has 9 nitrogen and oxygen atoms in total. The Morgan fingerprint density at radius 3 is 2.21 bits per heavy atom. The summed E-state index contributed by atoms with van der Waals surface area (Å²) in [7, 11) is -4.61. The average molecular weight is 567 g/mol. The fourth-order valence-corrected chi connectivity index (χ4v) is 8.09. The van der Waals surface area contributed by atoms with Gasteiger partial charge in [0, 0.05) is 25.7 Å². The van der Waals surface area contributed by atoms with E-state index in [0.717, 1.165) is 44.1 Å². The van der Waals surface area contributed by atoms with Crippen LogP contribution < -0.4 is 14.2 Å². The van der Waals surface area contributed by atoms with Gasteiger partial charge in [-0.15, -0.1) is 0 Å². The second-order valence-corrected chi connectivity index (χ2v) is 13.7. The summed E-state index contributed by atoms with van der Waals surface area (Å²) in [6.07, 6.45) is 5.36. The van der Waals surface area contributed by atoms with Crippen LogP contribution in [0.3, 0.4) is 0 Å². The molecule has 0 unspecified atom stereocenters. The van der Waals surface area contributed by atoms with E-state index in [9.17, 15) is 16.8 Å². The molecule has 0 radical (unpaired) electrons. The summed E-state index contributed by atoms with van der Waals surface area (Å²) < 4.78 is 74.0. The third-order valence-electron chi connectivity index (χ3n) is 7.49. The quantitative estimate of drug-likeness (QED) is 0.439. The van der Waals surface area contributed by atoms with Gasteiger partial charge < -0.3 is 14.2 Å². The van der Waals surface area contributed by atoms with E-state index in [2.05, 4.69) is 11.6 Å². The molecular weight excluding hydrogens is 528 g/mol. The van der Waals surface area contributed by atoms with E-state index in [1.54, 1.807) is 30.7 Å². The lowest BCUT2D eigenvalue weighted by atomic mass is 9.86. The van der Waals surface area contributed by atoms with Gasteiger partial charge in [0.1, 0.15) is 0 Å². The number of ether oxygens (including phenoxy) is 3. The number of nitrogens with one attached hydrogen (secondary N) is 1. The maximum atomic E-state index is 14.0. The van der Waals surface area contributed by atoms with Gasteiger partial charge in [-0.3, -0.25) is 0 Å². The van der Waals surface area contributed by atoms with Crippen molar-refractivity contribution in [1.29, 1.82) is 0 Å². The van der Waals surface area contributed by atoms with Gasteiger partial charge in [0.15, 0.2) is 11.5 Å². The zero-order valence-corrected chi connectivity index (χ0v) is 23.9. The van der Waals surface area contributed by atoms with E-state index in [4.69, 9.17) is 14.2 Å². The van der Waals surface area contributed by atoms with Crippen molar-refractivity contribution in [2.24, 2.45) is 5.92 Å². The van der Waals surface area contributed by atoms with Gasteiger partial charge >= 0.3 is 0 Å². The molecule has 11 heteroatoms. The molecule has 1 N–H and O–H groups in total. The standard InChI is InChI=1S/C27H38N2O7S2/c1-20-7-4-5-9-25(20)29(19-21-10-15-26(34-2)27(17-21)35-3)38(32,33)24-13-11-23(12-14-24)37(30,31)28-18-22-8-6-16-36-22/h10-15,17,20,22,25,28H,4-9,16,18-19H2,1-3H3/t20-,22-,25-/m1/s1. The fourth-order valence-electron chi connectivity index (χ4n) is 5.28. The van der Waals surface area contributed by atoms with Crippen molar-refractivity contribution in [2.75, 3.05) is 27.4 Å². The first-order chi connectivity index (χ1) is 18.2. The third kappa shape index (κ3) is 6.51. The summed E-state index contributed by atoms with van der Waals surface area (Å²) in [5, 5.41) is 0. The second kappa shape index (κ2) is 12.3. The largest absolute Gasteiger partial charge is 0.493 e. The van der Waals surface area contributed by atoms with Crippen LogP contribution in [0.1, 0.15) is 51.0 Å². The molecule has 0 spiro atoms. The Bertz CT molecular complexity index is 1290. The molecule has 1 aliphatic carbocycles. The van der Waals surface area contributed by atoms with E-state index in [0.29, 0.717) is 18.1 Å². The SMILES string of the molecule is COc1ccc(CN([C@@H]2CCCC[C@H]2C)S(=O)(=O)c2ccc(S(=O)(=O)NC[C@H]3CCCO3)cc2)cc1OC. The summed E-state index contributed by atoms with van der Waals surface area (Å²) in [5.41, 5.74) is 0.779. The monoisotopic (exact) mass is 566 g/mol. The normalized spacial score (nSPS) is 22.5. The highest BCUT2D eigenvalue weighted by Gasteiger charge is 2.36. The highest BCUT2D eigenvalue weighted by atomic mass is 32.2. The maximum absolute atomic E-state index is 14.0. The highest BCUT2D eigenvalue weighted by Crippen LogP contribution is 2.35. The molecule has 3 atom stereocenters. The number of rotatable bonds is 11. The Hall–Kier alpha value is -2.18. The molecular formula is C27H38N2O7S2. The Balaban J connectivity index is 1.60. The second-order valence-electron chi connectivity index (χ2n) is 10.0. The zero-order valence-electron chi connectivity index (χ0n) is 22.3. The predicted molar refractivity (Wildman–Crippen MR) is 144 cm³/mol. The number of methoxy groups -OCH3 is 2. The van der Waals surface area contributed by atoms with Crippen LogP contribution in [0.25, 0.3) is 0 Å². The number of benzene rings is 2. The lowest BCUT2D eigenvalue weighted by Gasteiger charge is -2.38. The van der Waals surface area contributed by atoms with E-state index < -0.39 is 20.0 Å². The van der Waals surface area contributed by atoms with Gasteiger partial charge in [-0.25, -0.2) is 21.6 Å². The van der Waals surface area contributed by atoms with Crippen LogP contribution in [-0.2, 0) is 31.3 Å². The maximum Gasteiger partial charge on any atom is 0.243 e. The van der Waals surface area contributed by atoms with E-state index in [1.165, 1.54) is 24.3 Å². The molecule has 38 heavy (non-hydrogen) atoms. The van der Waals surface area contributed by atoms with Gasteiger partial charge in [0.2, 0.25) is 20.0 Å². The Morgan fingerprint density at radius 1 is 0.895 bits per heavy atom. The smallest absolute Gasteiger partial charge is 0.243 e. The minimum Gasteiger partial charge on any atom is -0.493 e. The van der Waals surface area contributed by atoms with E-state index in [1.807, 2.05) is 6.07 Å². The number of nitrogens with zero attached hydrogens (tertiary/aromatic N) is 1. The van der Waals surface area contributed by atoms with E-state index in [-0.39, 0.29) is 40.9 Å². The average Bonchev–Trinajstić information content (AvgIpc) is 3.45. The molecule has 1 saturated heterocycles.